The average Bonchev–Trinajstić information content (AvgIpc) is 2.70. The van der Waals surface area contributed by atoms with Crippen LogP contribution in [0.3, 0.4) is 0 Å². The summed E-state index contributed by atoms with van der Waals surface area (Å²) in [6, 6.07) is 14.8. The third-order valence-corrected chi connectivity index (χ3v) is 6.34. The Morgan fingerprint density at radius 3 is 2.23 bits per heavy atom. The fraction of sp³-hybridized carbons (Fsp3) is 0.409. The van der Waals surface area contributed by atoms with Crippen LogP contribution in [0.5, 0.6) is 5.75 Å². The second kappa shape index (κ2) is 11.5. The summed E-state index contributed by atoms with van der Waals surface area (Å²) in [6.07, 6.45) is 0. The van der Waals surface area contributed by atoms with E-state index in [0.717, 1.165) is 16.9 Å². The topological polar surface area (TPSA) is 79.8 Å². The maximum absolute atomic E-state index is 12.6. The van der Waals surface area contributed by atoms with E-state index in [0.29, 0.717) is 17.4 Å². The molecule has 6 nitrogen and oxygen atoms in total. The number of sulfone groups is 1. The Labute approximate surface area is 197 Å². The summed E-state index contributed by atoms with van der Waals surface area (Å²) >= 11 is 0. The molecule has 166 valence electrons. The molecule has 8 heteroatoms. The minimum absolute atomic E-state index is 0. The molecule has 0 atom stereocenters. The molecule has 0 saturated heterocycles. The molecule has 0 aliphatic heterocycles. The lowest BCUT2D eigenvalue weighted by Gasteiger charge is -2.19. The number of nitrogens with zero attached hydrogens (tertiary/aromatic N) is 1. The van der Waals surface area contributed by atoms with Gasteiger partial charge in [-0.05, 0) is 29.2 Å². The maximum Gasteiger partial charge on any atom is 0.191 e. The van der Waals surface area contributed by atoms with E-state index in [-0.39, 0.29) is 41.7 Å². The Balaban J connectivity index is 0.00000450. The van der Waals surface area contributed by atoms with Gasteiger partial charge >= 0.3 is 0 Å². The van der Waals surface area contributed by atoms with Crippen molar-refractivity contribution in [1.29, 1.82) is 0 Å². The van der Waals surface area contributed by atoms with Gasteiger partial charge in [0, 0.05) is 25.7 Å². The molecule has 0 heterocycles. The molecule has 0 radical (unpaired) electrons. The SMILES string of the molecule is CN=C(NCCS(=O)(=O)c1ccc(C(C)(C)C)cc1)NCc1ccccc1OC.I. The zero-order chi connectivity index (χ0) is 21.5. The summed E-state index contributed by atoms with van der Waals surface area (Å²) < 4.78 is 30.6. The molecule has 0 aliphatic rings. The van der Waals surface area contributed by atoms with E-state index >= 15 is 0 Å². The zero-order valence-corrected chi connectivity index (χ0v) is 21.4. The van der Waals surface area contributed by atoms with Crippen molar-refractivity contribution in [2.45, 2.75) is 37.6 Å². The molecule has 0 spiro atoms. The van der Waals surface area contributed by atoms with Crippen molar-refractivity contribution >= 4 is 39.8 Å². The molecule has 30 heavy (non-hydrogen) atoms. The van der Waals surface area contributed by atoms with E-state index in [1.165, 1.54) is 0 Å². The molecule has 0 aromatic heterocycles. The zero-order valence-electron chi connectivity index (χ0n) is 18.2. The Hall–Kier alpha value is -1.81. The standard InChI is InChI=1S/C22H31N3O3S.HI/c1-22(2,3)18-10-12-19(13-11-18)29(26,27)15-14-24-21(23-4)25-16-17-8-6-7-9-20(17)28-5;/h6-13H,14-16H2,1-5H3,(H2,23,24,25);1H. The second-order valence-corrected chi connectivity index (χ2v) is 9.87. The summed E-state index contributed by atoms with van der Waals surface area (Å²) in [5.41, 5.74) is 2.09. The van der Waals surface area contributed by atoms with Crippen LogP contribution >= 0.6 is 24.0 Å². The van der Waals surface area contributed by atoms with E-state index in [4.69, 9.17) is 4.74 Å². The predicted octanol–water partition coefficient (Wildman–Crippen LogP) is 3.75. The third-order valence-electron chi connectivity index (χ3n) is 4.61. The summed E-state index contributed by atoms with van der Waals surface area (Å²) in [4.78, 5) is 4.49. The van der Waals surface area contributed by atoms with Crippen LogP contribution in [-0.4, -0.2) is 40.8 Å². The number of ether oxygens (including phenoxy) is 1. The highest BCUT2D eigenvalue weighted by Crippen LogP contribution is 2.23. The van der Waals surface area contributed by atoms with Gasteiger partial charge in [-0.25, -0.2) is 8.42 Å². The monoisotopic (exact) mass is 545 g/mol. The van der Waals surface area contributed by atoms with Crippen molar-refractivity contribution in [2.75, 3.05) is 26.5 Å². The number of guanidine groups is 1. The molecule has 0 fully saturated rings. The fourth-order valence-corrected chi connectivity index (χ4v) is 3.99. The van der Waals surface area contributed by atoms with E-state index in [9.17, 15) is 8.42 Å². The van der Waals surface area contributed by atoms with Gasteiger partial charge in [0.2, 0.25) is 0 Å². The van der Waals surface area contributed by atoms with Gasteiger partial charge in [-0.1, -0.05) is 51.1 Å². The van der Waals surface area contributed by atoms with Crippen molar-refractivity contribution in [2.24, 2.45) is 4.99 Å². The number of hydrogen-bond donors (Lipinski definition) is 2. The number of benzene rings is 2. The molecule has 0 bridgehead atoms. The minimum Gasteiger partial charge on any atom is -0.496 e. The van der Waals surface area contributed by atoms with Gasteiger partial charge in [0.15, 0.2) is 15.8 Å². The fourth-order valence-electron chi connectivity index (χ4n) is 2.83. The summed E-state index contributed by atoms with van der Waals surface area (Å²) in [7, 11) is -0.0896. The van der Waals surface area contributed by atoms with E-state index in [1.54, 1.807) is 26.3 Å². The van der Waals surface area contributed by atoms with Gasteiger partial charge in [0.1, 0.15) is 5.75 Å². The van der Waals surface area contributed by atoms with Crippen molar-refractivity contribution < 1.29 is 13.2 Å². The number of para-hydroxylation sites is 1. The predicted molar refractivity (Wildman–Crippen MR) is 134 cm³/mol. The molecule has 2 aromatic carbocycles. The quantitative estimate of drug-likeness (QED) is 0.315. The van der Waals surface area contributed by atoms with Crippen LogP contribution in [0, 0.1) is 0 Å². The highest BCUT2D eigenvalue weighted by molar-refractivity contribution is 14.0. The lowest BCUT2D eigenvalue weighted by molar-refractivity contribution is 0.409. The summed E-state index contributed by atoms with van der Waals surface area (Å²) in [5.74, 6) is 1.31. The molecule has 0 saturated carbocycles. The van der Waals surface area contributed by atoms with Crippen LogP contribution < -0.4 is 15.4 Å². The number of rotatable bonds is 7. The minimum atomic E-state index is -3.37. The Morgan fingerprint density at radius 1 is 1.03 bits per heavy atom. The Morgan fingerprint density at radius 2 is 1.67 bits per heavy atom. The smallest absolute Gasteiger partial charge is 0.191 e. The Kier molecular flexibility index (Phi) is 10.1. The number of aliphatic imine (C=N–C) groups is 1. The van der Waals surface area contributed by atoms with Crippen LogP contribution in [0.4, 0.5) is 0 Å². The van der Waals surface area contributed by atoms with Crippen molar-refractivity contribution in [3.05, 3.63) is 59.7 Å². The normalized spacial score (nSPS) is 12.1. The highest BCUT2D eigenvalue weighted by Gasteiger charge is 2.17. The number of methoxy groups -OCH3 is 1. The lowest BCUT2D eigenvalue weighted by atomic mass is 9.87. The van der Waals surface area contributed by atoms with E-state index in [1.807, 2.05) is 36.4 Å². The number of halogens is 1. The third kappa shape index (κ3) is 7.46. The van der Waals surface area contributed by atoms with Gasteiger partial charge in [-0.2, -0.15) is 0 Å². The van der Waals surface area contributed by atoms with Crippen LogP contribution in [-0.2, 0) is 21.8 Å². The molecular formula is C22H32IN3O3S. The van der Waals surface area contributed by atoms with E-state index in [2.05, 4.69) is 36.4 Å². The van der Waals surface area contributed by atoms with Crippen LogP contribution in [0.1, 0.15) is 31.9 Å². The number of nitrogens with one attached hydrogen (secondary N) is 2. The molecule has 2 aromatic rings. The summed E-state index contributed by atoms with van der Waals surface area (Å²) in [5, 5.41) is 6.23. The van der Waals surface area contributed by atoms with Gasteiger partial charge in [-0.3, -0.25) is 4.99 Å². The average molecular weight is 545 g/mol. The van der Waals surface area contributed by atoms with Gasteiger partial charge in [-0.15, -0.1) is 24.0 Å². The summed E-state index contributed by atoms with van der Waals surface area (Å²) in [6.45, 7) is 7.08. The van der Waals surface area contributed by atoms with Gasteiger partial charge in [0.05, 0.1) is 17.8 Å². The van der Waals surface area contributed by atoms with Crippen molar-refractivity contribution in [3.8, 4) is 5.75 Å². The van der Waals surface area contributed by atoms with Crippen LogP contribution in [0.15, 0.2) is 58.4 Å². The molecular weight excluding hydrogens is 513 g/mol. The first-order valence-electron chi connectivity index (χ1n) is 9.57. The first-order chi connectivity index (χ1) is 13.7. The van der Waals surface area contributed by atoms with Crippen molar-refractivity contribution in [1.82, 2.24) is 10.6 Å². The Bertz CT molecular complexity index is 937. The molecule has 0 aliphatic carbocycles. The second-order valence-electron chi connectivity index (χ2n) is 7.76. The maximum atomic E-state index is 12.6. The first kappa shape index (κ1) is 26.2. The van der Waals surface area contributed by atoms with Crippen LogP contribution in [0.2, 0.25) is 0 Å². The molecule has 2 N–H and O–H groups in total. The van der Waals surface area contributed by atoms with Gasteiger partial charge in [0.25, 0.3) is 0 Å². The highest BCUT2D eigenvalue weighted by atomic mass is 127. The largest absolute Gasteiger partial charge is 0.496 e. The van der Waals surface area contributed by atoms with Crippen molar-refractivity contribution in [3.63, 3.8) is 0 Å². The molecule has 2 rings (SSSR count). The molecule has 0 amide bonds. The lowest BCUT2D eigenvalue weighted by Crippen LogP contribution is -2.39. The van der Waals surface area contributed by atoms with E-state index < -0.39 is 9.84 Å². The number of hydrogen-bond acceptors (Lipinski definition) is 4. The van der Waals surface area contributed by atoms with Crippen LogP contribution in [0.25, 0.3) is 0 Å². The molecule has 0 unspecified atom stereocenters. The first-order valence-corrected chi connectivity index (χ1v) is 11.2. The van der Waals surface area contributed by atoms with Gasteiger partial charge < -0.3 is 15.4 Å².